The number of nitrogens with zero attached hydrogens (tertiary/aromatic N) is 3. The Hall–Kier alpha value is -3.32. The first-order valence-corrected chi connectivity index (χ1v) is 10.7. The molecule has 0 aliphatic carbocycles. The Balaban J connectivity index is 1.35. The van der Waals surface area contributed by atoms with Crippen molar-refractivity contribution in [2.24, 2.45) is 0 Å². The molecule has 0 saturated carbocycles. The first kappa shape index (κ1) is 21.9. The maximum atomic E-state index is 13.3. The second-order valence-electron chi connectivity index (χ2n) is 8.12. The number of carbonyl (C=O) groups is 1. The molecule has 166 valence electrons. The lowest BCUT2D eigenvalue weighted by Gasteiger charge is -2.23. The van der Waals surface area contributed by atoms with E-state index in [-0.39, 0.29) is 5.56 Å². The topological polar surface area (TPSA) is 48.5 Å². The second-order valence-corrected chi connectivity index (χ2v) is 8.12. The van der Waals surface area contributed by atoms with Gasteiger partial charge in [-0.05, 0) is 43.2 Å². The molecule has 0 unspecified atom stereocenters. The van der Waals surface area contributed by atoms with Gasteiger partial charge >= 0.3 is 0 Å². The molecule has 4 rings (SSSR count). The van der Waals surface area contributed by atoms with E-state index in [0.29, 0.717) is 5.69 Å². The normalized spacial score (nSPS) is 14.8. The maximum absolute atomic E-state index is 13.3. The number of amides is 1. The quantitative estimate of drug-likeness (QED) is 0.634. The number of nitrogens with one attached hydrogen (secondary N) is 1. The summed E-state index contributed by atoms with van der Waals surface area (Å²) >= 11 is 0. The minimum Gasteiger partial charge on any atom is -0.355 e. The number of hydrogen-bond donors (Lipinski definition) is 1. The molecule has 1 aromatic heterocycles. The minimum atomic E-state index is -0.791. The molecule has 0 atom stereocenters. The van der Waals surface area contributed by atoms with Crippen molar-refractivity contribution >= 4 is 17.4 Å². The molecule has 2 aromatic carbocycles. The fourth-order valence-corrected chi connectivity index (χ4v) is 3.96. The lowest BCUT2D eigenvalue weighted by molar-refractivity contribution is 0.102. The number of aryl methyl sites for hydroxylation is 1. The van der Waals surface area contributed by atoms with E-state index in [0.717, 1.165) is 63.2 Å². The Morgan fingerprint density at radius 2 is 1.81 bits per heavy atom. The lowest BCUT2D eigenvalue weighted by atomic mass is 10.1. The van der Waals surface area contributed by atoms with E-state index >= 15 is 0 Å². The van der Waals surface area contributed by atoms with E-state index in [9.17, 15) is 13.6 Å². The molecule has 7 heteroatoms. The van der Waals surface area contributed by atoms with Gasteiger partial charge in [0.05, 0.1) is 11.9 Å². The third kappa shape index (κ3) is 5.68. The lowest BCUT2D eigenvalue weighted by Crippen LogP contribution is -2.31. The third-order valence-corrected chi connectivity index (χ3v) is 5.53. The van der Waals surface area contributed by atoms with Gasteiger partial charge in [-0.1, -0.05) is 29.8 Å². The molecule has 0 radical (unpaired) electrons. The molecule has 32 heavy (non-hydrogen) atoms. The summed E-state index contributed by atoms with van der Waals surface area (Å²) in [6, 6.07) is 15.0. The van der Waals surface area contributed by atoms with Crippen LogP contribution >= 0.6 is 0 Å². The Morgan fingerprint density at radius 1 is 1.00 bits per heavy atom. The van der Waals surface area contributed by atoms with Crippen LogP contribution in [0.25, 0.3) is 0 Å². The molecule has 3 aromatic rings. The fourth-order valence-electron chi connectivity index (χ4n) is 3.96. The van der Waals surface area contributed by atoms with Crippen LogP contribution in [0.15, 0.2) is 60.8 Å². The van der Waals surface area contributed by atoms with Crippen LogP contribution < -0.4 is 10.2 Å². The molecule has 1 aliphatic rings. The second kappa shape index (κ2) is 9.87. The first-order valence-electron chi connectivity index (χ1n) is 10.7. The number of aromatic nitrogens is 1. The van der Waals surface area contributed by atoms with Gasteiger partial charge in [0, 0.05) is 44.4 Å². The minimum absolute atomic E-state index is 0.0761. The fraction of sp³-hybridized carbons (Fsp3) is 0.280. The summed E-state index contributed by atoms with van der Waals surface area (Å²) in [5.41, 5.74) is 3.00. The van der Waals surface area contributed by atoms with Gasteiger partial charge in [0.25, 0.3) is 5.91 Å². The molecule has 1 N–H and O–H groups in total. The van der Waals surface area contributed by atoms with Crippen molar-refractivity contribution in [2.45, 2.75) is 19.9 Å². The number of carbonyl (C=O) groups excluding carboxylic acids is 1. The van der Waals surface area contributed by atoms with Crippen LogP contribution in [0.5, 0.6) is 0 Å². The van der Waals surface area contributed by atoms with Crippen molar-refractivity contribution in [3.05, 3.63) is 89.1 Å². The van der Waals surface area contributed by atoms with Crippen LogP contribution in [0.1, 0.15) is 27.9 Å². The van der Waals surface area contributed by atoms with Crippen LogP contribution in [-0.4, -0.2) is 42.0 Å². The Labute approximate surface area is 186 Å². The molecule has 0 spiro atoms. The van der Waals surface area contributed by atoms with Gasteiger partial charge in [0.15, 0.2) is 0 Å². The standard InChI is InChI=1S/C25H26F2N4O/c1-18-4-2-5-19(12-18)17-30-8-3-9-31(11-10-30)24-7-6-23(16-28-24)29-25(32)20-13-21(26)15-22(27)14-20/h2,4-7,12-16H,3,8-11,17H2,1H3,(H,29,32). The van der Waals surface area contributed by atoms with Gasteiger partial charge < -0.3 is 10.2 Å². The summed E-state index contributed by atoms with van der Waals surface area (Å²) in [4.78, 5) is 21.5. The summed E-state index contributed by atoms with van der Waals surface area (Å²) in [5.74, 6) is -1.32. The number of pyridine rings is 1. The first-order chi connectivity index (χ1) is 15.5. The zero-order chi connectivity index (χ0) is 22.5. The molecule has 5 nitrogen and oxygen atoms in total. The number of rotatable bonds is 5. The molecular formula is C25H26F2N4O. The monoisotopic (exact) mass is 436 g/mol. The largest absolute Gasteiger partial charge is 0.355 e. The average molecular weight is 437 g/mol. The summed E-state index contributed by atoms with van der Waals surface area (Å²) in [5, 5.41) is 2.63. The zero-order valence-electron chi connectivity index (χ0n) is 18.0. The van der Waals surface area contributed by atoms with Crippen LogP contribution in [0, 0.1) is 18.6 Å². The molecule has 1 aliphatic heterocycles. The van der Waals surface area contributed by atoms with E-state index in [1.54, 1.807) is 12.3 Å². The van der Waals surface area contributed by atoms with Gasteiger partial charge in [-0.3, -0.25) is 9.69 Å². The zero-order valence-corrected chi connectivity index (χ0v) is 18.0. The molecule has 0 bridgehead atoms. The Kier molecular flexibility index (Phi) is 6.75. The summed E-state index contributed by atoms with van der Waals surface area (Å²) in [6.45, 7) is 6.80. The summed E-state index contributed by atoms with van der Waals surface area (Å²) in [7, 11) is 0. The molecular weight excluding hydrogens is 410 g/mol. The number of anilines is 2. The van der Waals surface area contributed by atoms with Gasteiger partial charge in [0.2, 0.25) is 0 Å². The van der Waals surface area contributed by atoms with E-state index in [1.165, 1.54) is 11.1 Å². The highest BCUT2D eigenvalue weighted by atomic mass is 19.1. The van der Waals surface area contributed by atoms with E-state index < -0.39 is 17.5 Å². The van der Waals surface area contributed by atoms with Gasteiger partial charge in [-0.2, -0.15) is 0 Å². The highest BCUT2D eigenvalue weighted by Gasteiger charge is 2.17. The highest BCUT2D eigenvalue weighted by Crippen LogP contribution is 2.18. The van der Waals surface area contributed by atoms with E-state index in [2.05, 4.69) is 51.3 Å². The van der Waals surface area contributed by atoms with E-state index in [1.807, 2.05) is 6.07 Å². The van der Waals surface area contributed by atoms with Crippen molar-refractivity contribution in [1.29, 1.82) is 0 Å². The predicted molar refractivity (Wildman–Crippen MR) is 122 cm³/mol. The number of halogens is 2. The number of hydrogen-bond acceptors (Lipinski definition) is 4. The Morgan fingerprint density at radius 3 is 2.53 bits per heavy atom. The van der Waals surface area contributed by atoms with Gasteiger partial charge in [-0.15, -0.1) is 0 Å². The van der Waals surface area contributed by atoms with Gasteiger partial charge in [-0.25, -0.2) is 13.8 Å². The van der Waals surface area contributed by atoms with Crippen LogP contribution in [-0.2, 0) is 6.54 Å². The average Bonchev–Trinajstić information content (AvgIpc) is 2.99. The maximum Gasteiger partial charge on any atom is 0.255 e. The van der Waals surface area contributed by atoms with Crippen LogP contribution in [0.3, 0.4) is 0 Å². The third-order valence-electron chi connectivity index (χ3n) is 5.53. The van der Waals surface area contributed by atoms with Crippen molar-refractivity contribution in [1.82, 2.24) is 9.88 Å². The van der Waals surface area contributed by atoms with E-state index in [4.69, 9.17) is 0 Å². The molecule has 1 fully saturated rings. The smallest absolute Gasteiger partial charge is 0.255 e. The summed E-state index contributed by atoms with van der Waals surface area (Å²) < 4.78 is 26.7. The van der Waals surface area contributed by atoms with Gasteiger partial charge in [0.1, 0.15) is 17.5 Å². The van der Waals surface area contributed by atoms with Crippen molar-refractivity contribution in [3.8, 4) is 0 Å². The van der Waals surface area contributed by atoms with Crippen molar-refractivity contribution in [3.63, 3.8) is 0 Å². The SMILES string of the molecule is Cc1cccc(CN2CCCN(c3ccc(NC(=O)c4cc(F)cc(F)c4)cn3)CC2)c1. The predicted octanol–water partition coefficient (Wildman–Crippen LogP) is 4.63. The molecule has 2 heterocycles. The van der Waals surface area contributed by atoms with Crippen LogP contribution in [0.4, 0.5) is 20.3 Å². The molecule has 1 amide bonds. The summed E-state index contributed by atoms with van der Waals surface area (Å²) in [6.07, 6.45) is 2.61. The highest BCUT2D eigenvalue weighted by molar-refractivity contribution is 6.04. The number of benzene rings is 2. The molecule has 1 saturated heterocycles. The Bertz CT molecular complexity index is 1070. The van der Waals surface area contributed by atoms with Crippen molar-refractivity contribution < 1.29 is 13.6 Å². The van der Waals surface area contributed by atoms with Crippen molar-refractivity contribution in [2.75, 3.05) is 36.4 Å². The van der Waals surface area contributed by atoms with Crippen LogP contribution in [0.2, 0.25) is 0 Å².